The lowest BCUT2D eigenvalue weighted by molar-refractivity contribution is -0.121. The lowest BCUT2D eigenvalue weighted by atomic mass is 9.88. The lowest BCUT2D eigenvalue weighted by Gasteiger charge is -2.18. The van der Waals surface area contributed by atoms with Gasteiger partial charge in [-0.1, -0.05) is 6.92 Å². The molecular formula is C20H28N2O3. The van der Waals surface area contributed by atoms with Gasteiger partial charge in [-0.05, 0) is 62.4 Å². The molecule has 1 aromatic rings. The van der Waals surface area contributed by atoms with Crippen molar-refractivity contribution in [3.63, 3.8) is 0 Å². The standard InChI is InChI=1S/C20H28N2O3/c1-14-8-9-22(13-14)10-11-24-16-4-2-15(3-5-16)21-20(23)18-12-17-6-7-19(18)25-17/h2-5,14,17-19H,6-13H2,1H3,(H,21,23)/t14-,17-,18-,19-/m1/s1. The second-order valence-corrected chi connectivity index (χ2v) is 7.77. The maximum Gasteiger partial charge on any atom is 0.230 e. The fraction of sp³-hybridized carbons (Fsp3) is 0.650. The molecule has 1 amide bonds. The zero-order valence-corrected chi connectivity index (χ0v) is 14.9. The van der Waals surface area contributed by atoms with Crippen LogP contribution in [0.1, 0.15) is 32.6 Å². The summed E-state index contributed by atoms with van der Waals surface area (Å²) in [5.41, 5.74) is 0.827. The van der Waals surface area contributed by atoms with Crippen molar-refractivity contribution in [3.8, 4) is 5.75 Å². The molecule has 0 aliphatic carbocycles. The smallest absolute Gasteiger partial charge is 0.230 e. The van der Waals surface area contributed by atoms with Crippen molar-refractivity contribution in [1.29, 1.82) is 0 Å². The lowest BCUT2D eigenvalue weighted by Crippen LogP contribution is -2.30. The summed E-state index contributed by atoms with van der Waals surface area (Å²) in [5, 5.41) is 3.02. The third kappa shape index (κ3) is 3.98. The number of hydrogen-bond acceptors (Lipinski definition) is 4. The van der Waals surface area contributed by atoms with Crippen LogP contribution in [0.15, 0.2) is 24.3 Å². The largest absolute Gasteiger partial charge is 0.492 e. The monoisotopic (exact) mass is 344 g/mol. The van der Waals surface area contributed by atoms with Gasteiger partial charge in [-0.15, -0.1) is 0 Å². The van der Waals surface area contributed by atoms with Gasteiger partial charge in [-0.3, -0.25) is 9.69 Å². The van der Waals surface area contributed by atoms with Crippen LogP contribution < -0.4 is 10.1 Å². The van der Waals surface area contributed by atoms with Crippen molar-refractivity contribution in [1.82, 2.24) is 4.90 Å². The predicted octanol–water partition coefficient (Wildman–Crippen LogP) is 2.91. The van der Waals surface area contributed by atoms with E-state index in [4.69, 9.17) is 9.47 Å². The fourth-order valence-electron chi connectivity index (χ4n) is 4.31. The van der Waals surface area contributed by atoms with Crippen molar-refractivity contribution in [3.05, 3.63) is 24.3 Å². The topological polar surface area (TPSA) is 50.8 Å². The van der Waals surface area contributed by atoms with E-state index in [-0.39, 0.29) is 17.9 Å². The maximum absolute atomic E-state index is 12.4. The van der Waals surface area contributed by atoms with Crippen LogP contribution in [0.3, 0.4) is 0 Å². The third-order valence-electron chi connectivity index (χ3n) is 5.75. The van der Waals surface area contributed by atoms with Gasteiger partial charge in [0.25, 0.3) is 0 Å². The van der Waals surface area contributed by atoms with E-state index in [0.29, 0.717) is 12.7 Å². The second-order valence-electron chi connectivity index (χ2n) is 7.77. The Morgan fingerprint density at radius 2 is 2.12 bits per heavy atom. The zero-order chi connectivity index (χ0) is 17.2. The van der Waals surface area contributed by atoms with Crippen molar-refractivity contribution in [2.45, 2.75) is 44.8 Å². The number of fused-ring (bicyclic) bond motifs is 2. The first kappa shape index (κ1) is 16.9. The number of likely N-dealkylation sites (tertiary alicyclic amines) is 1. The summed E-state index contributed by atoms with van der Waals surface area (Å²) in [5.74, 6) is 1.76. The highest BCUT2D eigenvalue weighted by molar-refractivity contribution is 5.93. The van der Waals surface area contributed by atoms with Gasteiger partial charge in [-0.25, -0.2) is 0 Å². The molecule has 3 heterocycles. The molecule has 1 N–H and O–H groups in total. The first-order valence-electron chi connectivity index (χ1n) is 9.59. The average molecular weight is 344 g/mol. The molecule has 0 saturated carbocycles. The summed E-state index contributed by atoms with van der Waals surface area (Å²) >= 11 is 0. The Labute approximate surface area is 149 Å². The number of amides is 1. The van der Waals surface area contributed by atoms with Gasteiger partial charge in [0.15, 0.2) is 0 Å². The minimum Gasteiger partial charge on any atom is -0.492 e. The van der Waals surface area contributed by atoms with Gasteiger partial charge < -0.3 is 14.8 Å². The molecule has 0 spiro atoms. The Kier molecular flexibility index (Phi) is 4.95. The van der Waals surface area contributed by atoms with Gasteiger partial charge in [0.05, 0.1) is 18.1 Å². The number of carbonyl (C=O) groups excluding carboxylic acids is 1. The molecule has 4 atom stereocenters. The van der Waals surface area contributed by atoms with E-state index in [9.17, 15) is 4.79 Å². The van der Waals surface area contributed by atoms with Gasteiger partial charge in [-0.2, -0.15) is 0 Å². The SMILES string of the molecule is C[C@@H]1CCN(CCOc2ccc(NC(=O)[C@@H]3C[C@H]4CC[C@H]3O4)cc2)C1. The second kappa shape index (κ2) is 7.34. The summed E-state index contributed by atoms with van der Waals surface area (Å²) in [4.78, 5) is 14.9. The number of hydrogen-bond donors (Lipinski definition) is 1. The summed E-state index contributed by atoms with van der Waals surface area (Å²) in [6.45, 7) is 6.36. The summed E-state index contributed by atoms with van der Waals surface area (Å²) in [6, 6.07) is 7.69. The summed E-state index contributed by atoms with van der Waals surface area (Å²) in [6.07, 6.45) is 4.72. The minimum atomic E-state index is 0.0116. The molecule has 0 unspecified atom stereocenters. The molecule has 3 saturated heterocycles. The van der Waals surface area contributed by atoms with E-state index in [1.807, 2.05) is 24.3 Å². The van der Waals surface area contributed by atoms with Crippen LogP contribution in [0.25, 0.3) is 0 Å². The fourth-order valence-corrected chi connectivity index (χ4v) is 4.31. The Morgan fingerprint density at radius 3 is 2.76 bits per heavy atom. The molecule has 4 rings (SSSR count). The normalized spacial score (nSPS) is 31.4. The first-order chi connectivity index (χ1) is 12.2. The van der Waals surface area contributed by atoms with E-state index in [1.54, 1.807) is 0 Å². The number of ether oxygens (including phenoxy) is 2. The van der Waals surface area contributed by atoms with Crippen LogP contribution in [-0.4, -0.2) is 49.3 Å². The van der Waals surface area contributed by atoms with Crippen LogP contribution in [0.4, 0.5) is 5.69 Å². The highest BCUT2D eigenvalue weighted by Gasteiger charge is 2.44. The highest BCUT2D eigenvalue weighted by Crippen LogP contribution is 2.39. The quantitative estimate of drug-likeness (QED) is 0.862. The number of carbonyl (C=O) groups is 1. The average Bonchev–Trinajstić information content (AvgIpc) is 3.33. The molecule has 5 nitrogen and oxygen atoms in total. The maximum atomic E-state index is 12.4. The summed E-state index contributed by atoms with van der Waals surface area (Å²) in [7, 11) is 0. The molecule has 25 heavy (non-hydrogen) atoms. The number of anilines is 1. The number of nitrogens with one attached hydrogen (secondary N) is 1. The van der Waals surface area contributed by atoms with Crippen LogP contribution >= 0.6 is 0 Å². The Hall–Kier alpha value is -1.59. The van der Waals surface area contributed by atoms with Gasteiger partial charge >= 0.3 is 0 Å². The van der Waals surface area contributed by atoms with Crippen LogP contribution in [0.5, 0.6) is 5.75 Å². The van der Waals surface area contributed by atoms with Crippen molar-refractivity contribution in [2.75, 3.05) is 31.6 Å². The van der Waals surface area contributed by atoms with Crippen LogP contribution in [-0.2, 0) is 9.53 Å². The van der Waals surface area contributed by atoms with E-state index in [1.165, 1.54) is 19.5 Å². The number of nitrogens with zero attached hydrogens (tertiary/aromatic N) is 1. The van der Waals surface area contributed by atoms with Crippen LogP contribution in [0, 0.1) is 11.8 Å². The zero-order valence-electron chi connectivity index (χ0n) is 14.9. The van der Waals surface area contributed by atoms with Crippen molar-refractivity contribution >= 4 is 11.6 Å². The molecular weight excluding hydrogens is 316 g/mol. The molecule has 1 aromatic carbocycles. The molecule has 0 aromatic heterocycles. The van der Waals surface area contributed by atoms with E-state index < -0.39 is 0 Å². The van der Waals surface area contributed by atoms with E-state index >= 15 is 0 Å². The Bertz CT molecular complexity index is 603. The first-order valence-corrected chi connectivity index (χ1v) is 9.59. The number of rotatable bonds is 6. The molecule has 3 aliphatic rings. The van der Waals surface area contributed by atoms with Crippen molar-refractivity contribution in [2.24, 2.45) is 11.8 Å². The van der Waals surface area contributed by atoms with Gasteiger partial charge in [0.1, 0.15) is 12.4 Å². The predicted molar refractivity (Wildman–Crippen MR) is 96.8 cm³/mol. The van der Waals surface area contributed by atoms with E-state index in [2.05, 4.69) is 17.1 Å². The Balaban J connectivity index is 1.22. The molecule has 2 bridgehead atoms. The summed E-state index contributed by atoms with van der Waals surface area (Å²) < 4.78 is 11.6. The van der Waals surface area contributed by atoms with Crippen LogP contribution in [0.2, 0.25) is 0 Å². The van der Waals surface area contributed by atoms with Crippen molar-refractivity contribution < 1.29 is 14.3 Å². The van der Waals surface area contributed by atoms with Gasteiger partial charge in [0, 0.05) is 18.8 Å². The highest BCUT2D eigenvalue weighted by atomic mass is 16.5. The Morgan fingerprint density at radius 1 is 1.28 bits per heavy atom. The number of benzene rings is 1. The molecule has 3 aliphatic heterocycles. The van der Waals surface area contributed by atoms with E-state index in [0.717, 1.165) is 43.2 Å². The third-order valence-corrected chi connectivity index (χ3v) is 5.75. The van der Waals surface area contributed by atoms with Gasteiger partial charge in [0.2, 0.25) is 5.91 Å². The minimum absolute atomic E-state index is 0.0116. The molecule has 0 radical (unpaired) electrons. The molecule has 5 heteroatoms. The molecule has 136 valence electrons. The molecule has 3 fully saturated rings.